The predicted octanol–water partition coefficient (Wildman–Crippen LogP) is 2.06. The summed E-state index contributed by atoms with van der Waals surface area (Å²) in [5, 5.41) is 0. The van der Waals surface area contributed by atoms with E-state index in [4.69, 9.17) is 9.72 Å². The number of nitrogens with zero attached hydrogens (tertiary/aromatic N) is 1. The van der Waals surface area contributed by atoms with Gasteiger partial charge in [0.25, 0.3) is 5.56 Å². The van der Waals surface area contributed by atoms with Gasteiger partial charge in [-0.05, 0) is 51.4 Å². The van der Waals surface area contributed by atoms with Crippen LogP contribution in [0.15, 0.2) is 4.79 Å². The molecule has 0 spiro atoms. The molecule has 0 amide bonds. The molecule has 0 radical (unpaired) electrons. The maximum absolute atomic E-state index is 12.1. The Morgan fingerprint density at radius 1 is 1.17 bits per heavy atom. The van der Waals surface area contributed by atoms with Crippen molar-refractivity contribution in [3.8, 4) is 0 Å². The van der Waals surface area contributed by atoms with E-state index >= 15 is 0 Å². The number of aromatic amines is 1. The summed E-state index contributed by atoms with van der Waals surface area (Å²) in [6, 6.07) is 0. The number of nitrogens with one attached hydrogen (secondary N) is 1. The number of H-pyrrole nitrogens is 1. The minimum absolute atomic E-state index is 0.0537. The SMILES string of the molecule is COC1(c2nc3c(c(=O)[nH]2)CCCC3)CCCC1. The smallest absolute Gasteiger partial charge is 0.254 e. The van der Waals surface area contributed by atoms with E-state index in [1.807, 2.05) is 0 Å². The third-order valence-corrected chi connectivity index (χ3v) is 4.43. The number of hydrogen-bond acceptors (Lipinski definition) is 3. The molecule has 1 saturated carbocycles. The van der Waals surface area contributed by atoms with E-state index in [0.29, 0.717) is 0 Å². The monoisotopic (exact) mass is 248 g/mol. The van der Waals surface area contributed by atoms with E-state index in [2.05, 4.69) is 4.98 Å². The Kier molecular flexibility index (Phi) is 2.98. The van der Waals surface area contributed by atoms with Crippen LogP contribution < -0.4 is 5.56 Å². The molecule has 0 bridgehead atoms. The van der Waals surface area contributed by atoms with Gasteiger partial charge < -0.3 is 9.72 Å². The zero-order chi connectivity index (χ0) is 12.6. The summed E-state index contributed by atoms with van der Waals surface area (Å²) in [4.78, 5) is 19.8. The van der Waals surface area contributed by atoms with Crippen LogP contribution in [0, 0.1) is 0 Å². The molecular formula is C14H20N2O2. The van der Waals surface area contributed by atoms with Gasteiger partial charge in [-0.2, -0.15) is 0 Å². The molecule has 4 nitrogen and oxygen atoms in total. The van der Waals surface area contributed by atoms with E-state index in [0.717, 1.165) is 68.4 Å². The molecule has 2 aliphatic rings. The number of ether oxygens (including phenoxy) is 1. The van der Waals surface area contributed by atoms with Crippen molar-refractivity contribution >= 4 is 0 Å². The van der Waals surface area contributed by atoms with Crippen molar-refractivity contribution in [1.29, 1.82) is 0 Å². The highest BCUT2D eigenvalue weighted by molar-refractivity contribution is 5.22. The number of rotatable bonds is 2. The highest BCUT2D eigenvalue weighted by Crippen LogP contribution is 2.39. The molecule has 4 heteroatoms. The molecule has 1 N–H and O–H groups in total. The molecule has 0 aromatic carbocycles. The van der Waals surface area contributed by atoms with Crippen molar-refractivity contribution in [2.24, 2.45) is 0 Å². The Morgan fingerprint density at radius 2 is 1.89 bits per heavy atom. The van der Waals surface area contributed by atoms with Crippen molar-refractivity contribution in [2.45, 2.75) is 57.0 Å². The molecule has 0 saturated heterocycles. The standard InChI is InChI=1S/C14H20N2O2/c1-18-14(8-4-5-9-14)13-15-11-7-3-2-6-10(11)12(17)16-13/h2-9H2,1H3,(H,15,16,17). The zero-order valence-electron chi connectivity index (χ0n) is 10.9. The Labute approximate surface area is 107 Å². The molecule has 1 heterocycles. The first-order valence-corrected chi connectivity index (χ1v) is 6.93. The van der Waals surface area contributed by atoms with Crippen LogP contribution in [0.1, 0.15) is 55.6 Å². The quantitative estimate of drug-likeness (QED) is 0.871. The first-order valence-electron chi connectivity index (χ1n) is 6.93. The highest BCUT2D eigenvalue weighted by atomic mass is 16.5. The zero-order valence-corrected chi connectivity index (χ0v) is 10.9. The first kappa shape index (κ1) is 11.9. The lowest BCUT2D eigenvalue weighted by Gasteiger charge is -2.27. The van der Waals surface area contributed by atoms with Crippen molar-refractivity contribution in [1.82, 2.24) is 9.97 Å². The van der Waals surface area contributed by atoms with Gasteiger partial charge in [-0.15, -0.1) is 0 Å². The van der Waals surface area contributed by atoms with Gasteiger partial charge in [-0.3, -0.25) is 4.79 Å². The number of fused-ring (bicyclic) bond motifs is 1. The fraction of sp³-hybridized carbons (Fsp3) is 0.714. The van der Waals surface area contributed by atoms with Crippen LogP contribution in [0.4, 0.5) is 0 Å². The van der Waals surface area contributed by atoms with Gasteiger partial charge in [0.2, 0.25) is 0 Å². The molecule has 2 aliphatic carbocycles. The summed E-state index contributed by atoms with van der Waals surface area (Å²) >= 11 is 0. The van der Waals surface area contributed by atoms with Crippen molar-refractivity contribution in [3.63, 3.8) is 0 Å². The predicted molar refractivity (Wildman–Crippen MR) is 68.7 cm³/mol. The normalized spacial score (nSPS) is 21.8. The Bertz CT molecular complexity index is 501. The molecule has 18 heavy (non-hydrogen) atoms. The van der Waals surface area contributed by atoms with E-state index in [1.165, 1.54) is 0 Å². The summed E-state index contributed by atoms with van der Waals surface area (Å²) in [6.45, 7) is 0. The lowest BCUT2D eigenvalue weighted by molar-refractivity contribution is -0.0167. The third kappa shape index (κ3) is 1.79. The number of aromatic nitrogens is 2. The molecule has 1 aromatic rings. The fourth-order valence-electron chi connectivity index (χ4n) is 3.30. The molecule has 0 atom stereocenters. The number of hydrogen-bond donors (Lipinski definition) is 1. The van der Waals surface area contributed by atoms with Gasteiger partial charge in [0.1, 0.15) is 11.4 Å². The third-order valence-electron chi connectivity index (χ3n) is 4.43. The van der Waals surface area contributed by atoms with Crippen molar-refractivity contribution in [2.75, 3.05) is 7.11 Å². The average Bonchev–Trinajstić information content (AvgIpc) is 2.89. The minimum Gasteiger partial charge on any atom is -0.370 e. The van der Waals surface area contributed by atoms with Gasteiger partial charge in [0.05, 0.1) is 5.69 Å². The van der Waals surface area contributed by atoms with E-state index < -0.39 is 0 Å². The summed E-state index contributed by atoms with van der Waals surface area (Å²) < 4.78 is 5.70. The molecule has 98 valence electrons. The second-order valence-electron chi connectivity index (χ2n) is 5.45. The summed E-state index contributed by atoms with van der Waals surface area (Å²) in [6.07, 6.45) is 8.28. The average molecular weight is 248 g/mol. The lowest BCUT2D eigenvalue weighted by Crippen LogP contribution is -2.33. The highest BCUT2D eigenvalue weighted by Gasteiger charge is 2.38. The molecule has 0 aliphatic heterocycles. The second kappa shape index (κ2) is 4.50. The van der Waals surface area contributed by atoms with E-state index in [-0.39, 0.29) is 11.2 Å². The van der Waals surface area contributed by atoms with Crippen molar-refractivity contribution < 1.29 is 4.74 Å². The van der Waals surface area contributed by atoms with Crippen LogP contribution in [0.25, 0.3) is 0 Å². The van der Waals surface area contributed by atoms with E-state index in [9.17, 15) is 4.79 Å². The first-order chi connectivity index (χ1) is 8.75. The van der Waals surface area contributed by atoms with Crippen LogP contribution in [-0.2, 0) is 23.2 Å². The van der Waals surface area contributed by atoms with Gasteiger partial charge in [-0.25, -0.2) is 4.98 Å². The van der Waals surface area contributed by atoms with Crippen LogP contribution in [0.2, 0.25) is 0 Å². The largest absolute Gasteiger partial charge is 0.370 e. The van der Waals surface area contributed by atoms with Crippen LogP contribution in [0.3, 0.4) is 0 Å². The summed E-state index contributed by atoms with van der Waals surface area (Å²) in [5.74, 6) is 0.758. The molecule has 0 unspecified atom stereocenters. The van der Waals surface area contributed by atoms with Crippen LogP contribution in [0.5, 0.6) is 0 Å². The Hall–Kier alpha value is -1.16. The summed E-state index contributed by atoms with van der Waals surface area (Å²) in [5.41, 5.74) is 1.61. The molecule has 1 fully saturated rings. The maximum Gasteiger partial charge on any atom is 0.254 e. The lowest BCUT2D eigenvalue weighted by atomic mass is 9.95. The van der Waals surface area contributed by atoms with Crippen LogP contribution >= 0.6 is 0 Å². The van der Waals surface area contributed by atoms with Gasteiger partial charge in [0.15, 0.2) is 0 Å². The maximum atomic E-state index is 12.1. The fourth-order valence-corrected chi connectivity index (χ4v) is 3.30. The Morgan fingerprint density at radius 3 is 2.61 bits per heavy atom. The number of aryl methyl sites for hydroxylation is 1. The minimum atomic E-state index is -0.342. The van der Waals surface area contributed by atoms with Crippen molar-refractivity contribution in [3.05, 3.63) is 27.4 Å². The van der Waals surface area contributed by atoms with Gasteiger partial charge in [0, 0.05) is 12.7 Å². The molecule has 3 rings (SSSR count). The second-order valence-corrected chi connectivity index (χ2v) is 5.45. The molecule has 1 aromatic heterocycles. The van der Waals surface area contributed by atoms with Crippen LogP contribution in [-0.4, -0.2) is 17.1 Å². The van der Waals surface area contributed by atoms with Gasteiger partial charge in [-0.1, -0.05) is 0 Å². The van der Waals surface area contributed by atoms with E-state index in [1.54, 1.807) is 7.11 Å². The molecular weight excluding hydrogens is 228 g/mol. The van der Waals surface area contributed by atoms with Gasteiger partial charge >= 0.3 is 0 Å². The summed E-state index contributed by atoms with van der Waals surface area (Å²) in [7, 11) is 1.73. The topological polar surface area (TPSA) is 55.0 Å². The Balaban J connectivity index is 2.07. The number of methoxy groups -OCH3 is 1.